The van der Waals surface area contributed by atoms with Crippen molar-refractivity contribution in [2.75, 3.05) is 20.3 Å². The smallest absolute Gasteiger partial charge is 0.678 e. The minimum Gasteiger partial charge on any atom is -0.678 e. The molecule has 0 aromatic carbocycles. The van der Waals surface area contributed by atoms with Crippen LogP contribution < -0.4 is 20.7 Å². The number of methoxy groups -OCH3 is 1. The van der Waals surface area contributed by atoms with Crippen molar-refractivity contribution in [3.05, 3.63) is 83.7 Å². The van der Waals surface area contributed by atoms with Crippen LogP contribution in [0.3, 0.4) is 0 Å². The number of epoxide rings is 1. The van der Waals surface area contributed by atoms with Gasteiger partial charge in [0.1, 0.15) is 5.92 Å². The summed E-state index contributed by atoms with van der Waals surface area (Å²) < 4.78 is 16.4. The number of allylic oxidation sites excluding steroid dienone is 3. The van der Waals surface area contributed by atoms with Crippen LogP contribution in [0.1, 0.15) is 80.3 Å². The van der Waals surface area contributed by atoms with Gasteiger partial charge in [-0.15, -0.1) is 33.9 Å². The third-order valence-electron chi connectivity index (χ3n) is 10.8. The molecule has 48 heavy (non-hydrogen) atoms. The van der Waals surface area contributed by atoms with E-state index in [1.165, 1.54) is 7.11 Å². The van der Waals surface area contributed by atoms with Gasteiger partial charge in [0.25, 0.3) is 0 Å². The maximum Gasteiger partial charge on any atom is 2.00 e. The summed E-state index contributed by atoms with van der Waals surface area (Å²) in [5, 5.41) is 24.0. The number of esters is 2. The van der Waals surface area contributed by atoms with Crippen LogP contribution in [0.5, 0.6) is 0 Å². The van der Waals surface area contributed by atoms with Crippen molar-refractivity contribution in [2.45, 2.75) is 79.1 Å². The number of carbonyl (C=O) groups is 2. The number of aromatic nitrogens is 2. The molecule has 0 amide bonds. The number of ether oxygens (including phenoxy) is 3. The zero-order valence-corrected chi connectivity index (χ0v) is 30.2. The van der Waals surface area contributed by atoms with Gasteiger partial charge < -0.3 is 39.9 Å². The average molecular weight is 663 g/mol. The quantitative estimate of drug-likeness (QED) is 0.270. The number of nitrogens with zero attached hydrogens (tertiary/aromatic N) is 4. The van der Waals surface area contributed by atoms with Gasteiger partial charge in [-0.25, -0.2) is 0 Å². The summed E-state index contributed by atoms with van der Waals surface area (Å²) in [6.45, 7) is 13.2. The van der Waals surface area contributed by atoms with Crippen molar-refractivity contribution in [2.24, 2.45) is 23.7 Å². The Morgan fingerprint density at radius 2 is 1.83 bits per heavy atom. The van der Waals surface area contributed by atoms with Gasteiger partial charge in [0.2, 0.25) is 0 Å². The normalized spacial score (nSPS) is 32.2. The third kappa shape index (κ3) is 5.56. The Balaban J connectivity index is 0.00000401. The van der Waals surface area contributed by atoms with Crippen LogP contribution in [0.2, 0.25) is 0 Å². The largest absolute Gasteiger partial charge is 2.00 e. The Bertz CT molecular complexity index is 1880. The predicted molar refractivity (Wildman–Crippen MR) is 182 cm³/mol. The second kappa shape index (κ2) is 13.2. The molecule has 8 bridgehead atoms. The number of aliphatic hydroxyl groups excluding tert-OH is 1. The summed E-state index contributed by atoms with van der Waals surface area (Å²) in [7, 11) is 1.33. The molecule has 1 aliphatic carbocycles. The Morgan fingerprint density at radius 1 is 1.08 bits per heavy atom. The summed E-state index contributed by atoms with van der Waals surface area (Å²) >= 11 is 0. The molecular formula is C37H42MgN4O6-2. The first-order valence-electron chi connectivity index (χ1n) is 16.7. The number of carbonyl (C=O) groups excluding carboxylic acids is 2. The number of hydrogen-bond acceptors (Lipinski definition) is 6. The molecule has 7 rings (SSSR count). The molecule has 2 aromatic heterocycles. The predicted octanol–water partition coefficient (Wildman–Crippen LogP) is 3.48. The molecule has 1 unspecified atom stereocenters. The molecular weight excluding hydrogens is 621 g/mol. The van der Waals surface area contributed by atoms with E-state index in [1.807, 2.05) is 13.0 Å². The first kappa shape index (κ1) is 34.6. The van der Waals surface area contributed by atoms with Gasteiger partial charge in [-0.05, 0) is 63.9 Å². The summed E-state index contributed by atoms with van der Waals surface area (Å²) in [6.07, 6.45) is 6.62. The molecule has 4 aliphatic heterocycles. The van der Waals surface area contributed by atoms with Gasteiger partial charge in [0.05, 0.1) is 32.5 Å². The molecule has 2 saturated heterocycles. The summed E-state index contributed by atoms with van der Waals surface area (Å²) in [6, 6.07) is -0.134. The fourth-order valence-electron chi connectivity index (χ4n) is 8.11. The van der Waals surface area contributed by atoms with Crippen LogP contribution in [0.4, 0.5) is 0 Å². The maximum atomic E-state index is 13.4. The Kier molecular flexibility index (Phi) is 9.53. The van der Waals surface area contributed by atoms with Crippen LogP contribution in [0, 0.1) is 37.5 Å². The molecule has 1 N–H and O–H groups in total. The van der Waals surface area contributed by atoms with Crippen LogP contribution in [-0.4, -0.2) is 72.6 Å². The fraction of sp³-hybridized carbons (Fsp3) is 0.514. The van der Waals surface area contributed by atoms with Crippen molar-refractivity contribution in [1.29, 1.82) is 0 Å². The molecule has 0 saturated carbocycles. The standard InChI is InChI=1S/C37H42N4O6.Mg/c1-8-20-16(3)22-14-27-30(28-15-47-28)18(5)24(39-27)12-23-17(4)21(10-11-29(42)46-9-2)34(40-23)32-33(37(44)45-7)36(43)31-19(6)25(41-35(31)32)13-26(20)38-22;/h12-14,17,21,27-28,30,33,36,43H,8-11,15H2,1-7H3;/q-4;+2/b22-14-,23-12-,26-13-,34-32-;/t17-,21-,27?,28+,30+,33+,36+;/m0./s1. The van der Waals surface area contributed by atoms with Gasteiger partial charge in [0, 0.05) is 6.42 Å². The summed E-state index contributed by atoms with van der Waals surface area (Å²) in [5.41, 5.74) is 8.94. The second-order valence-electron chi connectivity index (χ2n) is 13.3. The molecule has 0 spiro atoms. The van der Waals surface area contributed by atoms with Crippen LogP contribution >= 0.6 is 0 Å². The van der Waals surface area contributed by atoms with Crippen molar-refractivity contribution in [1.82, 2.24) is 9.97 Å². The molecule has 10 nitrogen and oxygen atoms in total. The third-order valence-corrected chi connectivity index (χ3v) is 10.8. The summed E-state index contributed by atoms with van der Waals surface area (Å²) in [4.78, 5) is 36.2. The monoisotopic (exact) mass is 662 g/mol. The minimum absolute atomic E-state index is 0. The van der Waals surface area contributed by atoms with Crippen LogP contribution in [-0.2, 0) is 30.2 Å². The van der Waals surface area contributed by atoms with Gasteiger partial charge >= 0.3 is 35.0 Å². The van der Waals surface area contributed by atoms with Crippen molar-refractivity contribution in [3.63, 3.8) is 0 Å². The van der Waals surface area contributed by atoms with Gasteiger partial charge in [-0.3, -0.25) is 9.59 Å². The van der Waals surface area contributed by atoms with Gasteiger partial charge in [-0.1, -0.05) is 59.9 Å². The first-order chi connectivity index (χ1) is 22.6. The second-order valence-corrected chi connectivity index (χ2v) is 13.3. The topological polar surface area (TPSA) is 142 Å². The van der Waals surface area contributed by atoms with Crippen molar-refractivity contribution in [3.8, 4) is 0 Å². The molecule has 11 heteroatoms. The van der Waals surface area contributed by atoms with Crippen LogP contribution in [0.25, 0.3) is 28.4 Å². The van der Waals surface area contributed by atoms with E-state index in [2.05, 4.69) is 39.8 Å². The zero-order chi connectivity index (χ0) is 33.3. The van der Waals surface area contributed by atoms with E-state index >= 15 is 0 Å². The van der Waals surface area contributed by atoms with E-state index in [4.69, 9.17) is 34.8 Å². The number of fused-ring (bicyclic) bond motifs is 7. The Labute approximate surface area is 297 Å². The SMILES string of the molecule is CCOC(=O)CC[C@@H]1/C2=C3/c4[n-]c(c(C)c4[C@@H](O)[C@@H]3C(=O)OC)/C=c3\[n-]/c(c(C)c3CC)=C\C3[N-]C(=C(C)[C@H]3[C@H]3CO3)/C=C(\[N-]2)[C@H]1C.[Mg+2]. The van der Waals surface area contributed by atoms with E-state index < -0.39 is 18.0 Å². The van der Waals surface area contributed by atoms with E-state index in [0.29, 0.717) is 47.9 Å². The molecule has 6 heterocycles. The van der Waals surface area contributed by atoms with Gasteiger partial charge in [0.15, 0.2) is 0 Å². The fourth-order valence-corrected chi connectivity index (χ4v) is 8.11. The van der Waals surface area contributed by atoms with Crippen molar-refractivity contribution >= 4 is 52.7 Å². The van der Waals surface area contributed by atoms with Crippen LogP contribution in [0.15, 0.2) is 28.7 Å². The zero-order valence-electron chi connectivity index (χ0n) is 28.8. The average Bonchev–Trinajstić information content (AvgIpc) is 3.43. The van der Waals surface area contributed by atoms with E-state index in [1.54, 1.807) is 6.92 Å². The molecule has 250 valence electrons. The Hall–Kier alpha value is -3.25. The maximum absolute atomic E-state index is 13.4. The van der Waals surface area contributed by atoms with E-state index in [0.717, 1.165) is 50.8 Å². The molecule has 0 radical (unpaired) electrons. The van der Waals surface area contributed by atoms with E-state index in [-0.39, 0.29) is 65.3 Å². The number of rotatable bonds is 7. The molecule has 7 atom stereocenters. The number of aliphatic hydroxyl groups is 1. The molecule has 5 aliphatic rings. The summed E-state index contributed by atoms with van der Waals surface area (Å²) in [5.74, 6) is -2.07. The minimum atomic E-state index is -1.16. The number of hydrogen-bond donors (Lipinski definition) is 1. The van der Waals surface area contributed by atoms with E-state index in [9.17, 15) is 14.7 Å². The Morgan fingerprint density at radius 3 is 2.50 bits per heavy atom. The van der Waals surface area contributed by atoms with Gasteiger partial charge in [-0.2, -0.15) is 11.4 Å². The first-order valence-corrected chi connectivity index (χ1v) is 16.7. The van der Waals surface area contributed by atoms with Crippen molar-refractivity contribution < 1.29 is 28.9 Å². The molecule has 2 fully saturated rings. The molecule has 2 aromatic rings.